The van der Waals surface area contributed by atoms with Gasteiger partial charge in [0.1, 0.15) is 0 Å². The van der Waals surface area contributed by atoms with E-state index >= 15 is 0 Å². The molecule has 0 aliphatic carbocycles. The number of phenols is 1. The molecule has 2 rings (SSSR count). The number of phenolic OH excluding ortho intramolecular Hbond substituents is 1. The number of ether oxygens (including phenoxy) is 2. The standard InChI is InChI=1S/C12H16FNO3/c1-7-5-8(9-6-14-3-4-17-9)11(15)10(13)12(7)16-2/h5,9,14-15H,3-4,6H2,1-2H3. The van der Waals surface area contributed by atoms with E-state index in [1.54, 1.807) is 13.0 Å². The topological polar surface area (TPSA) is 50.7 Å². The van der Waals surface area contributed by atoms with Crippen molar-refractivity contribution in [2.45, 2.75) is 13.0 Å². The number of nitrogens with one attached hydrogen (secondary N) is 1. The number of hydrogen-bond acceptors (Lipinski definition) is 4. The number of morpholine rings is 1. The van der Waals surface area contributed by atoms with Crippen LogP contribution in [0.3, 0.4) is 0 Å². The molecule has 1 unspecified atom stereocenters. The van der Waals surface area contributed by atoms with Gasteiger partial charge in [-0.15, -0.1) is 0 Å². The molecule has 0 aromatic heterocycles. The average Bonchev–Trinajstić information content (AvgIpc) is 2.35. The summed E-state index contributed by atoms with van der Waals surface area (Å²) in [6, 6.07) is 1.70. The first-order valence-corrected chi connectivity index (χ1v) is 5.53. The van der Waals surface area contributed by atoms with E-state index in [9.17, 15) is 9.50 Å². The molecule has 0 radical (unpaired) electrons. The molecule has 94 valence electrons. The van der Waals surface area contributed by atoms with E-state index in [-0.39, 0.29) is 17.6 Å². The summed E-state index contributed by atoms with van der Waals surface area (Å²) in [6.45, 7) is 3.63. The van der Waals surface area contributed by atoms with Crippen molar-refractivity contribution in [3.8, 4) is 11.5 Å². The second-order valence-electron chi connectivity index (χ2n) is 4.04. The molecule has 1 aromatic carbocycles. The van der Waals surface area contributed by atoms with Crippen LogP contribution >= 0.6 is 0 Å². The van der Waals surface area contributed by atoms with Gasteiger partial charge in [0.15, 0.2) is 11.5 Å². The highest BCUT2D eigenvalue weighted by Gasteiger charge is 2.24. The van der Waals surface area contributed by atoms with E-state index in [1.807, 2.05) is 0 Å². The monoisotopic (exact) mass is 241 g/mol. The Morgan fingerprint density at radius 1 is 1.59 bits per heavy atom. The van der Waals surface area contributed by atoms with Crippen molar-refractivity contribution in [2.75, 3.05) is 26.8 Å². The van der Waals surface area contributed by atoms with Crippen LogP contribution in [-0.2, 0) is 4.74 Å². The summed E-state index contributed by atoms with van der Waals surface area (Å²) < 4.78 is 24.2. The van der Waals surface area contributed by atoms with Gasteiger partial charge in [-0.1, -0.05) is 0 Å². The first-order valence-electron chi connectivity index (χ1n) is 5.53. The second kappa shape index (κ2) is 4.89. The van der Waals surface area contributed by atoms with Crippen LogP contribution in [0.15, 0.2) is 6.07 Å². The SMILES string of the molecule is COc1c(C)cc(C2CNCCO2)c(O)c1F. The van der Waals surface area contributed by atoms with Gasteiger partial charge in [-0.25, -0.2) is 0 Å². The van der Waals surface area contributed by atoms with E-state index in [0.717, 1.165) is 6.54 Å². The Kier molecular flexibility index (Phi) is 3.49. The van der Waals surface area contributed by atoms with Gasteiger partial charge in [0.05, 0.1) is 19.8 Å². The van der Waals surface area contributed by atoms with Crippen molar-refractivity contribution in [3.05, 3.63) is 23.0 Å². The lowest BCUT2D eigenvalue weighted by Gasteiger charge is -2.25. The van der Waals surface area contributed by atoms with Gasteiger partial charge in [0.25, 0.3) is 0 Å². The third kappa shape index (κ3) is 2.21. The molecular formula is C12H16FNO3. The fourth-order valence-corrected chi connectivity index (χ4v) is 2.04. The number of methoxy groups -OCH3 is 1. The molecule has 1 heterocycles. The Balaban J connectivity index is 2.40. The van der Waals surface area contributed by atoms with Crippen LogP contribution in [0, 0.1) is 12.7 Å². The highest BCUT2D eigenvalue weighted by Crippen LogP contribution is 2.37. The van der Waals surface area contributed by atoms with E-state index in [1.165, 1.54) is 7.11 Å². The summed E-state index contributed by atoms with van der Waals surface area (Å²) in [7, 11) is 1.38. The zero-order valence-electron chi connectivity index (χ0n) is 9.92. The van der Waals surface area contributed by atoms with Gasteiger partial charge in [-0.3, -0.25) is 0 Å². The molecule has 1 aliphatic heterocycles. The van der Waals surface area contributed by atoms with Gasteiger partial charge in [-0.2, -0.15) is 4.39 Å². The Labute approximate surface area is 99.4 Å². The number of hydrogen-bond donors (Lipinski definition) is 2. The molecule has 1 aliphatic rings. The largest absolute Gasteiger partial charge is 0.504 e. The molecule has 0 bridgehead atoms. The Morgan fingerprint density at radius 2 is 2.35 bits per heavy atom. The zero-order chi connectivity index (χ0) is 12.4. The van der Waals surface area contributed by atoms with Crippen LogP contribution < -0.4 is 10.1 Å². The molecule has 2 N–H and O–H groups in total. The van der Waals surface area contributed by atoms with Crippen molar-refractivity contribution in [2.24, 2.45) is 0 Å². The van der Waals surface area contributed by atoms with Gasteiger partial charge >= 0.3 is 0 Å². The summed E-state index contributed by atoms with van der Waals surface area (Å²) in [4.78, 5) is 0. The molecule has 4 nitrogen and oxygen atoms in total. The minimum absolute atomic E-state index is 0.0787. The fraction of sp³-hybridized carbons (Fsp3) is 0.500. The zero-order valence-corrected chi connectivity index (χ0v) is 9.92. The predicted molar refractivity (Wildman–Crippen MR) is 60.9 cm³/mol. The number of halogens is 1. The lowest BCUT2D eigenvalue weighted by atomic mass is 10.0. The predicted octanol–water partition coefficient (Wildman–Crippen LogP) is 1.51. The number of aryl methyl sites for hydroxylation is 1. The maximum atomic E-state index is 13.8. The smallest absolute Gasteiger partial charge is 0.207 e. The van der Waals surface area contributed by atoms with E-state index in [4.69, 9.17) is 9.47 Å². The van der Waals surface area contributed by atoms with Crippen molar-refractivity contribution in [1.82, 2.24) is 5.32 Å². The van der Waals surface area contributed by atoms with Crippen LogP contribution in [0.5, 0.6) is 11.5 Å². The van der Waals surface area contributed by atoms with Gasteiger partial charge < -0.3 is 19.9 Å². The van der Waals surface area contributed by atoms with Gasteiger partial charge in [-0.05, 0) is 18.6 Å². The molecule has 0 amide bonds. The van der Waals surface area contributed by atoms with Crippen LogP contribution in [0.4, 0.5) is 4.39 Å². The lowest BCUT2D eigenvalue weighted by Crippen LogP contribution is -2.33. The summed E-state index contributed by atoms with van der Waals surface area (Å²) in [6.07, 6.45) is -0.317. The third-order valence-electron chi connectivity index (χ3n) is 2.89. The first-order chi connectivity index (χ1) is 8.15. The van der Waals surface area contributed by atoms with Crippen molar-refractivity contribution in [3.63, 3.8) is 0 Å². The number of aromatic hydroxyl groups is 1. The van der Waals surface area contributed by atoms with Crippen LogP contribution in [0.25, 0.3) is 0 Å². The number of rotatable bonds is 2. The highest BCUT2D eigenvalue weighted by molar-refractivity contribution is 5.48. The molecular weight excluding hydrogens is 225 g/mol. The molecule has 17 heavy (non-hydrogen) atoms. The molecule has 0 spiro atoms. The van der Waals surface area contributed by atoms with Gasteiger partial charge in [0.2, 0.25) is 5.82 Å². The second-order valence-corrected chi connectivity index (χ2v) is 4.04. The fourth-order valence-electron chi connectivity index (χ4n) is 2.04. The maximum Gasteiger partial charge on any atom is 0.207 e. The van der Waals surface area contributed by atoms with Crippen molar-refractivity contribution in [1.29, 1.82) is 0 Å². The Morgan fingerprint density at radius 3 is 2.94 bits per heavy atom. The van der Waals surface area contributed by atoms with E-state index in [0.29, 0.717) is 24.3 Å². The molecule has 1 aromatic rings. The van der Waals surface area contributed by atoms with E-state index < -0.39 is 5.82 Å². The van der Waals surface area contributed by atoms with Crippen LogP contribution in [0.1, 0.15) is 17.2 Å². The third-order valence-corrected chi connectivity index (χ3v) is 2.89. The summed E-state index contributed by atoms with van der Waals surface area (Å²) in [5, 5.41) is 13.0. The molecule has 1 fully saturated rings. The molecule has 1 atom stereocenters. The number of benzene rings is 1. The van der Waals surface area contributed by atoms with Crippen molar-refractivity contribution >= 4 is 0 Å². The summed E-state index contributed by atoms with van der Waals surface area (Å²) in [5.41, 5.74) is 1.11. The maximum absolute atomic E-state index is 13.8. The first kappa shape index (κ1) is 12.1. The lowest BCUT2D eigenvalue weighted by molar-refractivity contribution is 0.0259. The minimum atomic E-state index is -0.725. The molecule has 0 saturated carbocycles. The minimum Gasteiger partial charge on any atom is -0.504 e. The summed E-state index contributed by atoms with van der Waals surface area (Å²) in [5.74, 6) is -1.03. The quantitative estimate of drug-likeness (QED) is 0.824. The Bertz CT molecular complexity index is 417. The summed E-state index contributed by atoms with van der Waals surface area (Å²) >= 11 is 0. The van der Waals surface area contributed by atoms with Gasteiger partial charge in [0, 0.05) is 18.7 Å². The van der Waals surface area contributed by atoms with Crippen molar-refractivity contribution < 1.29 is 19.0 Å². The Hall–Kier alpha value is -1.33. The average molecular weight is 241 g/mol. The molecule has 5 heteroatoms. The molecule has 1 saturated heterocycles. The van der Waals surface area contributed by atoms with Crippen LogP contribution in [-0.4, -0.2) is 31.9 Å². The van der Waals surface area contributed by atoms with E-state index in [2.05, 4.69) is 5.32 Å². The normalized spacial score (nSPS) is 20.3. The highest BCUT2D eigenvalue weighted by atomic mass is 19.1. The van der Waals surface area contributed by atoms with Crippen LogP contribution in [0.2, 0.25) is 0 Å².